The summed E-state index contributed by atoms with van der Waals surface area (Å²) in [5, 5.41) is 19.1. The predicted octanol–water partition coefficient (Wildman–Crippen LogP) is 0.945. The number of carboxylic acid groups (broad SMARTS) is 1. The molecule has 2 bridgehead atoms. The second-order valence-electron chi connectivity index (χ2n) is 6.12. The Kier molecular flexibility index (Phi) is 2.84. The Balaban J connectivity index is 1.74. The van der Waals surface area contributed by atoms with Crippen molar-refractivity contribution < 1.29 is 19.4 Å². The molecule has 0 aromatic heterocycles. The summed E-state index contributed by atoms with van der Waals surface area (Å²) in [5.74, 6) is -3.13. The summed E-state index contributed by atoms with van der Waals surface area (Å²) < 4.78 is 5.82. The number of hydrogen-bond acceptors (Lipinski definition) is 4. The van der Waals surface area contributed by atoms with Gasteiger partial charge in [0.2, 0.25) is 5.91 Å². The van der Waals surface area contributed by atoms with E-state index in [-0.39, 0.29) is 12.5 Å². The molecule has 6 nitrogen and oxygen atoms in total. The van der Waals surface area contributed by atoms with Crippen molar-refractivity contribution in [1.82, 2.24) is 4.90 Å². The van der Waals surface area contributed by atoms with E-state index in [1.165, 1.54) is 4.90 Å². The van der Waals surface area contributed by atoms with E-state index in [0.29, 0.717) is 0 Å². The molecule has 3 aliphatic heterocycles. The van der Waals surface area contributed by atoms with E-state index in [4.69, 9.17) is 4.74 Å². The highest BCUT2D eigenvalue weighted by Crippen LogP contribution is 2.55. The maximum Gasteiger partial charge on any atom is 0.310 e. The predicted molar refractivity (Wildman–Crippen MR) is 77.8 cm³/mol. The van der Waals surface area contributed by atoms with Crippen LogP contribution < -0.4 is 0 Å². The molecular formula is C17H14N2O4. The molecule has 5 atom stereocenters. The molecule has 4 rings (SSSR count). The van der Waals surface area contributed by atoms with Crippen LogP contribution in [0.5, 0.6) is 0 Å². The monoisotopic (exact) mass is 310 g/mol. The molecule has 2 saturated heterocycles. The van der Waals surface area contributed by atoms with Crippen LogP contribution >= 0.6 is 0 Å². The van der Waals surface area contributed by atoms with Gasteiger partial charge in [0.25, 0.3) is 0 Å². The zero-order valence-corrected chi connectivity index (χ0v) is 12.1. The second kappa shape index (κ2) is 4.67. The van der Waals surface area contributed by atoms with Crippen LogP contribution in [0.2, 0.25) is 0 Å². The quantitative estimate of drug-likeness (QED) is 0.839. The number of carboxylic acids is 1. The van der Waals surface area contributed by atoms with Crippen LogP contribution in [0, 0.1) is 23.2 Å². The van der Waals surface area contributed by atoms with Gasteiger partial charge in [-0.15, -0.1) is 0 Å². The minimum absolute atomic E-state index is 0.268. The number of carbonyl (C=O) groups is 2. The van der Waals surface area contributed by atoms with E-state index >= 15 is 0 Å². The van der Waals surface area contributed by atoms with Crippen LogP contribution in [0.3, 0.4) is 0 Å². The first-order valence-electron chi connectivity index (χ1n) is 7.42. The van der Waals surface area contributed by atoms with Crippen LogP contribution in [-0.2, 0) is 20.9 Å². The van der Waals surface area contributed by atoms with E-state index in [1.54, 1.807) is 12.2 Å². The molecule has 1 aromatic carbocycles. The van der Waals surface area contributed by atoms with Crippen molar-refractivity contribution >= 4 is 11.9 Å². The highest BCUT2D eigenvalue weighted by Gasteiger charge is 2.71. The maximum atomic E-state index is 12.9. The average Bonchev–Trinajstić information content (AvgIpc) is 3.17. The number of nitriles is 1. The van der Waals surface area contributed by atoms with E-state index in [9.17, 15) is 20.0 Å². The molecule has 3 heterocycles. The lowest BCUT2D eigenvalue weighted by molar-refractivity contribution is -0.148. The van der Waals surface area contributed by atoms with E-state index in [0.717, 1.165) is 5.56 Å². The number of hydrogen-bond donors (Lipinski definition) is 1. The fourth-order valence-electron chi connectivity index (χ4n) is 4.02. The van der Waals surface area contributed by atoms with Crippen molar-refractivity contribution in [3.05, 3.63) is 48.0 Å². The van der Waals surface area contributed by atoms with Gasteiger partial charge in [-0.1, -0.05) is 42.5 Å². The lowest BCUT2D eigenvalue weighted by Crippen LogP contribution is -2.44. The van der Waals surface area contributed by atoms with Gasteiger partial charge in [-0.25, -0.2) is 0 Å². The van der Waals surface area contributed by atoms with Crippen LogP contribution in [0.25, 0.3) is 0 Å². The van der Waals surface area contributed by atoms with Crippen LogP contribution in [0.1, 0.15) is 5.56 Å². The van der Waals surface area contributed by atoms with Gasteiger partial charge < -0.3 is 14.7 Å². The van der Waals surface area contributed by atoms with Gasteiger partial charge in [-0.3, -0.25) is 9.59 Å². The number of likely N-dealkylation sites (tertiary alicyclic amines) is 1. The summed E-state index contributed by atoms with van der Waals surface area (Å²) >= 11 is 0. The molecule has 1 amide bonds. The number of carbonyl (C=O) groups excluding carboxylic acids is 1. The van der Waals surface area contributed by atoms with Crippen LogP contribution in [0.15, 0.2) is 42.5 Å². The molecular weight excluding hydrogens is 296 g/mol. The van der Waals surface area contributed by atoms with Crippen molar-refractivity contribution in [2.45, 2.75) is 24.3 Å². The van der Waals surface area contributed by atoms with Crippen molar-refractivity contribution in [2.24, 2.45) is 11.8 Å². The third kappa shape index (κ3) is 1.71. The van der Waals surface area contributed by atoms with Gasteiger partial charge in [-0.05, 0) is 5.56 Å². The number of aliphatic carboxylic acids is 1. The molecule has 0 saturated carbocycles. The standard InChI is InChI=1S/C17H14N2O4/c18-8-12-17-7-6-11(23-17)13(16(21)22)14(17)15(20)19(12)9-10-4-2-1-3-5-10/h1-7,11-14H,9H2,(H,21,22)/t11-,12?,13-,14+,17-/m0/s1. The van der Waals surface area contributed by atoms with E-state index in [1.807, 2.05) is 30.3 Å². The molecule has 0 aliphatic carbocycles. The Morgan fingerprint density at radius 2 is 2.13 bits per heavy atom. The van der Waals surface area contributed by atoms with Gasteiger partial charge in [0, 0.05) is 6.54 Å². The van der Waals surface area contributed by atoms with Crippen LogP contribution in [0.4, 0.5) is 0 Å². The fraction of sp³-hybridized carbons (Fsp3) is 0.353. The number of amides is 1. The number of rotatable bonds is 3. The summed E-state index contributed by atoms with van der Waals surface area (Å²) in [6.45, 7) is 0.268. The normalized spacial score (nSPS) is 37.0. The van der Waals surface area contributed by atoms with Crippen molar-refractivity contribution in [3.63, 3.8) is 0 Å². The summed E-state index contributed by atoms with van der Waals surface area (Å²) in [5.41, 5.74) is -0.239. The Hall–Kier alpha value is -2.65. The molecule has 1 unspecified atom stereocenters. The molecule has 3 aliphatic rings. The molecule has 6 heteroatoms. The Morgan fingerprint density at radius 3 is 2.78 bits per heavy atom. The maximum absolute atomic E-state index is 12.9. The second-order valence-corrected chi connectivity index (χ2v) is 6.12. The molecule has 1 aromatic rings. The molecule has 1 N–H and O–H groups in total. The first-order chi connectivity index (χ1) is 11.1. The van der Waals surface area contributed by atoms with E-state index in [2.05, 4.69) is 6.07 Å². The Bertz CT molecular complexity index is 754. The summed E-state index contributed by atoms with van der Waals surface area (Å²) in [7, 11) is 0. The smallest absolute Gasteiger partial charge is 0.310 e. The molecule has 2 fully saturated rings. The number of fused-ring (bicyclic) bond motifs is 1. The average molecular weight is 310 g/mol. The minimum atomic E-state index is -1.13. The highest BCUT2D eigenvalue weighted by molar-refractivity contribution is 5.91. The topological polar surface area (TPSA) is 90.6 Å². The third-order valence-corrected chi connectivity index (χ3v) is 4.98. The Labute approximate surface area is 132 Å². The number of nitrogens with zero attached hydrogens (tertiary/aromatic N) is 2. The molecule has 116 valence electrons. The lowest BCUT2D eigenvalue weighted by Gasteiger charge is -2.27. The van der Waals surface area contributed by atoms with E-state index < -0.39 is 35.6 Å². The molecule has 0 radical (unpaired) electrons. The summed E-state index contributed by atoms with van der Waals surface area (Å²) in [4.78, 5) is 25.9. The zero-order valence-electron chi connectivity index (χ0n) is 12.1. The minimum Gasteiger partial charge on any atom is -0.481 e. The van der Waals surface area contributed by atoms with Crippen molar-refractivity contribution in [2.75, 3.05) is 0 Å². The summed E-state index contributed by atoms with van der Waals surface area (Å²) in [6.07, 6.45) is 2.74. The van der Waals surface area contributed by atoms with Gasteiger partial charge >= 0.3 is 5.97 Å². The lowest BCUT2D eigenvalue weighted by atomic mass is 9.75. The summed E-state index contributed by atoms with van der Waals surface area (Å²) in [6, 6.07) is 10.7. The van der Waals surface area contributed by atoms with Crippen molar-refractivity contribution in [3.8, 4) is 6.07 Å². The zero-order chi connectivity index (χ0) is 16.2. The highest BCUT2D eigenvalue weighted by atomic mass is 16.5. The SMILES string of the molecule is N#CC1N(Cc2ccccc2)C(=O)[C@H]2[C@@H](C(=O)O)[C@@H]3C=C[C@]12O3. The largest absolute Gasteiger partial charge is 0.481 e. The first-order valence-corrected chi connectivity index (χ1v) is 7.42. The Morgan fingerprint density at radius 1 is 1.39 bits per heavy atom. The number of benzene rings is 1. The van der Waals surface area contributed by atoms with Gasteiger partial charge in [-0.2, -0.15) is 5.26 Å². The third-order valence-electron chi connectivity index (χ3n) is 4.98. The molecule has 23 heavy (non-hydrogen) atoms. The molecule has 1 spiro atoms. The number of ether oxygens (including phenoxy) is 1. The first kappa shape index (κ1) is 14.0. The van der Waals surface area contributed by atoms with Gasteiger partial charge in [0.05, 0.1) is 18.1 Å². The van der Waals surface area contributed by atoms with Crippen molar-refractivity contribution in [1.29, 1.82) is 5.26 Å². The van der Waals surface area contributed by atoms with Gasteiger partial charge in [0.1, 0.15) is 11.5 Å². The fourth-order valence-corrected chi connectivity index (χ4v) is 4.02. The van der Waals surface area contributed by atoms with Crippen LogP contribution in [-0.4, -0.2) is 39.6 Å². The van der Waals surface area contributed by atoms with Gasteiger partial charge in [0.15, 0.2) is 6.04 Å².